The number of carbonyl (C=O) groups is 6. The Hall–Kier alpha value is -1.98. The maximum atomic E-state index is 11.3. The molecule has 0 aromatic heterocycles. The molecule has 0 saturated heterocycles. The average Bonchev–Trinajstić information content (AvgIpc) is 2.46. The number of Topliss-reactive ketones (excluding diaryl/α,β-unsaturated/α-hetero) is 1. The molecule has 0 radical (unpaired) electrons. The first-order valence-electron chi connectivity index (χ1n) is 37.9. The monoisotopic (exact) mass is 1560 g/mol. The summed E-state index contributed by atoms with van der Waals surface area (Å²) in [6, 6.07) is 0. The Balaban J connectivity index is -0.0000000811. The van der Waals surface area contributed by atoms with Gasteiger partial charge in [-0.3, -0.25) is 30.4 Å². The van der Waals surface area contributed by atoms with Crippen LogP contribution in [0, 0.1) is 55.8 Å². The Morgan fingerprint density at radius 1 is 0.462 bits per heavy atom. The summed E-state index contributed by atoms with van der Waals surface area (Å²) in [5, 5.41) is 0. The minimum Gasteiger partial charge on any atom is -0.542 e. The van der Waals surface area contributed by atoms with E-state index in [1.54, 1.807) is 14.2 Å². The van der Waals surface area contributed by atoms with E-state index in [0.29, 0.717) is 56.9 Å². The van der Waals surface area contributed by atoms with Crippen molar-refractivity contribution in [2.75, 3.05) is 60.3 Å². The number of nitrogens with zero attached hydrogens (tertiary/aromatic N) is 1. The molecule has 0 aliphatic carbocycles. The molecule has 0 saturated carbocycles. The van der Waals surface area contributed by atoms with E-state index in [9.17, 15) is 28.8 Å². The number of hydrogen-bond donors (Lipinski definition) is 0. The Kier molecular flexibility index (Phi) is 153. The van der Waals surface area contributed by atoms with E-state index in [4.69, 9.17) is 28.5 Å². The molecule has 0 amide bonds. The summed E-state index contributed by atoms with van der Waals surface area (Å²) < 4.78 is 25.5. The van der Waals surface area contributed by atoms with Gasteiger partial charge in [-0.1, -0.05) is 305 Å². The number of unbranched alkanes of at least 4 members (excludes halogenated alkanes) is 22. The molecule has 0 N–H and O–H groups in total. The SMILES string of the molecule is CC.CC(=O)CN(CC=O)CC=O.CCC(=O)OC(CC)CC(CC)C(C)CC.CCCC.CCCC.CCCCCCCCOC.CCCCCCCCOC.CCCCCCCCOC(=O)CC.CCCCCCCCOC(=O)CC(C)CC.C[C-]=O.[CH2-]CC.[U+2]. The summed E-state index contributed by atoms with van der Waals surface area (Å²) in [6.07, 6.45) is 47.2. The molecule has 0 heterocycles. The van der Waals surface area contributed by atoms with Crippen LogP contribution in [-0.2, 0) is 57.2 Å². The van der Waals surface area contributed by atoms with Crippen LogP contribution in [0.25, 0.3) is 0 Å². The second kappa shape index (κ2) is 120. The van der Waals surface area contributed by atoms with E-state index < -0.39 is 0 Å². The van der Waals surface area contributed by atoms with Crippen LogP contribution in [0.15, 0.2) is 0 Å². The van der Waals surface area contributed by atoms with Gasteiger partial charge >= 0.3 is 49.0 Å². The average molecular weight is 1560 g/mol. The number of carbonyl (C=O) groups excluding carboxylic acids is 7. The van der Waals surface area contributed by atoms with Gasteiger partial charge in [0.1, 0.15) is 24.5 Å². The van der Waals surface area contributed by atoms with Crippen LogP contribution in [0.5, 0.6) is 0 Å². The van der Waals surface area contributed by atoms with Crippen molar-refractivity contribution in [3.05, 3.63) is 6.92 Å². The summed E-state index contributed by atoms with van der Waals surface area (Å²) in [4.78, 5) is 74.0. The zero-order chi connectivity index (χ0) is 73.0. The van der Waals surface area contributed by atoms with Crippen LogP contribution < -0.4 is 0 Å². The molecule has 0 aliphatic rings. The second-order valence-electron chi connectivity index (χ2n) is 23.2. The van der Waals surface area contributed by atoms with Crippen molar-refractivity contribution in [2.45, 2.75) is 389 Å². The zero-order valence-electron chi connectivity index (χ0n) is 66.6. The zero-order valence-corrected chi connectivity index (χ0v) is 70.8. The molecule has 4 atom stereocenters. The summed E-state index contributed by atoms with van der Waals surface area (Å²) in [5.74, 6) is 1.65. The van der Waals surface area contributed by atoms with E-state index in [-0.39, 0.29) is 80.5 Å². The first kappa shape index (κ1) is 118. The molecular weight excluding hydrogens is 1390 g/mol. The molecule has 562 valence electrons. The van der Waals surface area contributed by atoms with Crippen LogP contribution in [-0.4, -0.2) is 114 Å². The van der Waals surface area contributed by atoms with Crippen LogP contribution in [0.1, 0.15) is 383 Å². The van der Waals surface area contributed by atoms with Crippen LogP contribution in [0.3, 0.4) is 0 Å². The van der Waals surface area contributed by atoms with E-state index >= 15 is 0 Å². The summed E-state index contributed by atoms with van der Waals surface area (Å²) >= 11 is 0. The van der Waals surface area contributed by atoms with Gasteiger partial charge in [0, 0.05) is 46.7 Å². The van der Waals surface area contributed by atoms with Gasteiger partial charge in [-0.05, 0) is 63.2 Å². The third-order valence-electron chi connectivity index (χ3n) is 14.1. The minimum atomic E-state index is -0.0754. The maximum Gasteiger partial charge on any atom is 2.00 e. The molecule has 13 nitrogen and oxygen atoms in total. The Labute approximate surface area is 606 Å². The second-order valence-corrected chi connectivity index (χ2v) is 23.2. The predicted octanol–water partition coefficient (Wildman–Crippen LogP) is 23.1. The Morgan fingerprint density at radius 2 is 0.774 bits per heavy atom. The fourth-order valence-corrected chi connectivity index (χ4v) is 7.55. The summed E-state index contributed by atoms with van der Waals surface area (Å²) in [7, 11) is 3.54. The number of ketones is 1. The Bertz CT molecular complexity index is 1280. The van der Waals surface area contributed by atoms with E-state index in [1.165, 1.54) is 205 Å². The van der Waals surface area contributed by atoms with E-state index in [2.05, 4.69) is 104 Å². The van der Waals surface area contributed by atoms with Gasteiger partial charge in [-0.2, -0.15) is 13.3 Å². The third-order valence-corrected chi connectivity index (χ3v) is 14.1. The van der Waals surface area contributed by atoms with Crippen molar-refractivity contribution in [3.8, 4) is 0 Å². The number of esters is 3. The van der Waals surface area contributed by atoms with Crippen LogP contribution in [0.2, 0.25) is 0 Å². The fourth-order valence-electron chi connectivity index (χ4n) is 7.55. The van der Waals surface area contributed by atoms with Gasteiger partial charge in [-0.15, -0.1) is 0 Å². The molecule has 0 fully saturated rings. The first-order valence-corrected chi connectivity index (χ1v) is 37.9. The third kappa shape index (κ3) is 142. The summed E-state index contributed by atoms with van der Waals surface area (Å²) in [6.45, 7) is 50.1. The van der Waals surface area contributed by atoms with Crippen molar-refractivity contribution in [3.63, 3.8) is 0 Å². The van der Waals surface area contributed by atoms with Gasteiger partial charge in [-0.25, -0.2) is 0 Å². The number of hydrogen-bond acceptors (Lipinski definition) is 13. The molecule has 0 aliphatic heterocycles. The smallest absolute Gasteiger partial charge is 0.542 e. The van der Waals surface area contributed by atoms with Crippen molar-refractivity contribution in [2.24, 2.45) is 17.8 Å². The van der Waals surface area contributed by atoms with Crippen molar-refractivity contribution >= 4 is 42.5 Å². The van der Waals surface area contributed by atoms with Crippen LogP contribution >= 0.6 is 0 Å². The number of ether oxygens (including phenoxy) is 5. The molecule has 14 heteroatoms. The fraction of sp³-hybridized carbons (Fsp3) is 0.899. The first-order chi connectivity index (χ1) is 44.3. The van der Waals surface area contributed by atoms with Crippen molar-refractivity contribution in [1.29, 1.82) is 0 Å². The van der Waals surface area contributed by atoms with Crippen molar-refractivity contribution in [1.82, 2.24) is 4.90 Å². The van der Waals surface area contributed by atoms with Crippen LogP contribution in [0.4, 0.5) is 0 Å². The molecule has 93 heavy (non-hydrogen) atoms. The molecule has 0 spiro atoms. The number of rotatable bonds is 48. The standard InChI is InChI=1S/2C14H28O2.C11H22O2.2C9H20O.C7H11NO3.2C4H10.C3H7.C2H3O.C2H6.U/c1-6-11(5)12(7-2)10-13(8-3)16-14(15)9-4;1-4-6-7-8-9-10-11-16-14(15)12-13(3)5-2;1-3-5-6-7-8-9-10-13-11(12)4-2;2*1-3-4-5-6-7-8-9-10-2;1-7(11)6-8(2-4-9)3-5-10;2*1-3-4-2;1-3-2;1-2-3;1-2;/h11-13H,6-10H2,1-5H3;13H,4-12H2,1-3H3;3-10H2,1-2H3;2*3-9H2,1-2H3;4-5H,2-3,6H2,1H3;2*3-4H2,1-2H3;1,3H2,2H3;1H3;1-2H3;/q;;;;;;;;2*-1;;+2. The minimum absolute atomic E-state index is 0. The van der Waals surface area contributed by atoms with Gasteiger partial charge in [0.2, 0.25) is 0 Å². The number of methoxy groups -OCH3 is 2. The molecular formula is C79H165NO12U. The van der Waals surface area contributed by atoms with Gasteiger partial charge in [0.05, 0.1) is 32.8 Å². The molecule has 4 unspecified atom stereocenters. The normalized spacial score (nSPS) is 10.8. The predicted molar refractivity (Wildman–Crippen MR) is 401 cm³/mol. The largest absolute Gasteiger partial charge is 2.00 e. The van der Waals surface area contributed by atoms with E-state index in [0.717, 1.165) is 57.7 Å². The topological polar surface area (TPSA) is 169 Å². The van der Waals surface area contributed by atoms with Gasteiger partial charge in [0.25, 0.3) is 0 Å². The number of aldehydes is 2. The van der Waals surface area contributed by atoms with Gasteiger partial charge < -0.3 is 45.0 Å². The maximum absolute atomic E-state index is 11.3. The molecule has 0 bridgehead atoms. The molecule has 0 aromatic rings. The molecule has 0 rings (SSSR count). The van der Waals surface area contributed by atoms with Crippen molar-refractivity contribution < 1.29 is 88.4 Å². The van der Waals surface area contributed by atoms with Gasteiger partial charge in [0.15, 0.2) is 0 Å². The Morgan fingerprint density at radius 3 is 1.02 bits per heavy atom. The molecule has 0 aromatic carbocycles. The quantitative estimate of drug-likeness (QED) is 0.0186. The van der Waals surface area contributed by atoms with E-state index in [1.807, 2.05) is 34.6 Å². The summed E-state index contributed by atoms with van der Waals surface area (Å²) in [5.41, 5.74) is 0.